The van der Waals surface area contributed by atoms with E-state index in [1.165, 1.54) is 24.8 Å². The molecule has 0 aromatic carbocycles. The summed E-state index contributed by atoms with van der Waals surface area (Å²) < 4.78 is 0. The number of aromatic nitrogens is 1. The Kier molecular flexibility index (Phi) is 3.17. The predicted octanol–water partition coefficient (Wildman–Crippen LogP) is 2.63. The maximum atomic E-state index is 11.9. The van der Waals surface area contributed by atoms with E-state index in [2.05, 4.69) is 11.1 Å². The Morgan fingerprint density at radius 2 is 2.00 bits per heavy atom. The molecule has 1 N–H and O–H groups in total. The molecule has 2 aliphatic carbocycles. The van der Waals surface area contributed by atoms with Crippen molar-refractivity contribution in [2.45, 2.75) is 43.6 Å². The molecule has 1 aromatic heterocycles. The second kappa shape index (κ2) is 4.81. The van der Waals surface area contributed by atoms with Crippen molar-refractivity contribution in [1.29, 1.82) is 5.26 Å². The smallest absolute Gasteiger partial charge is 0.267 e. The van der Waals surface area contributed by atoms with Gasteiger partial charge in [0.15, 0.2) is 0 Å². The van der Waals surface area contributed by atoms with Crippen molar-refractivity contribution < 1.29 is 0 Å². The molecule has 0 aliphatic heterocycles. The number of aromatic amines is 1. The Balaban J connectivity index is 2.00. The van der Waals surface area contributed by atoms with Crippen molar-refractivity contribution >= 4 is 11.8 Å². The maximum Gasteiger partial charge on any atom is 0.267 e. The summed E-state index contributed by atoms with van der Waals surface area (Å²) in [5.74, 6) is 1.95. The number of rotatable bonds is 3. The summed E-state index contributed by atoms with van der Waals surface area (Å²) in [7, 11) is 0. The van der Waals surface area contributed by atoms with Crippen LogP contribution in [-0.4, -0.2) is 10.7 Å². The van der Waals surface area contributed by atoms with Gasteiger partial charge in [-0.25, -0.2) is 0 Å². The maximum absolute atomic E-state index is 11.9. The molecule has 2 aliphatic rings. The molecular weight excluding hydrogens is 244 g/mol. The van der Waals surface area contributed by atoms with Crippen molar-refractivity contribution in [3.8, 4) is 6.07 Å². The zero-order chi connectivity index (χ0) is 12.5. The second-order valence-corrected chi connectivity index (χ2v) is 6.22. The second-order valence-electron chi connectivity index (χ2n) is 5.19. The third kappa shape index (κ3) is 2.20. The van der Waals surface area contributed by atoms with Crippen LogP contribution in [0.15, 0.2) is 9.82 Å². The van der Waals surface area contributed by atoms with Gasteiger partial charge in [0.2, 0.25) is 0 Å². The molecule has 1 fully saturated rings. The van der Waals surface area contributed by atoms with Gasteiger partial charge in [-0.1, -0.05) is 0 Å². The van der Waals surface area contributed by atoms with Gasteiger partial charge in [-0.05, 0) is 55.6 Å². The van der Waals surface area contributed by atoms with Crippen molar-refractivity contribution in [1.82, 2.24) is 4.98 Å². The first-order valence-corrected chi connectivity index (χ1v) is 7.59. The fourth-order valence-corrected chi connectivity index (χ4v) is 3.84. The molecule has 1 saturated carbocycles. The van der Waals surface area contributed by atoms with Crippen molar-refractivity contribution in [2.75, 3.05) is 5.75 Å². The van der Waals surface area contributed by atoms with Crippen LogP contribution in [0.4, 0.5) is 0 Å². The van der Waals surface area contributed by atoms with Gasteiger partial charge < -0.3 is 4.98 Å². The van der Waals surface area contributed by atoms with Gasteiger partial charge in [-0.3, -0.25) is 4.79 Å². The van der Waals surface area contributed by atoms with E-state index in [0.717, 1.165) is 41.5 Å². The fraction of sp³-hybridized carbons (Fsp3) is 0.571. The zero-order valence-corrected chi connectivity index (χ0v) is 11.1. The zero-order valence-electron chi connectivity index (χ0n) is 10.3. The average molecular weight is 260 g/mol. The molecular formula is C14H16N2OS. The quantitative estimate of drug-likeness (QED) is 0.850. The normalized spacial score (nSPS) is 18.2. The monoisotopic (exact) mass is 260 g/mol. The molecule has 1 heterocycles. The first-order valence-electron chi connectivity index (χ1n) is 6.60. The molecule has 0 atom stereocenters. The number of nitrogens with zero attached hydrogens (tertiary/aromatic N) is 1. The van der Waals surface area contributed by atoms with Crippen LogP contribution in [0.25, 0.3) is 0 Å². The first kappa shape index (κ1) is 11.9. The Bertz CT molecular complexity index is 566. The summed E-state index contributed by atoms with van der Waals surface area (Å²) >= 11 is 1.77. The first-order chi connectivity index (χ1) is 8.79. The summed E-state index contributed by atoms with van der Waals surface area (Å²) in [5, 5.41) is 10.1. The fourth-order valence-electron chi connectivity index (χ4n) is 2.54. The number of hydrogen-bond acceptors (Lipinski definition) is 3. The number of hydrogen-bond donors (Lipinski definition) is 1. The molecule has 4 heteroatoms. The molecule has 94 valence electrons. The minimum atomic E-state index is -0.198. The topological polar surface area (TPSA) is 56.6 Å². The Labute approximate surface area is 111 Å². The van der Waals surface area contributed by atoms with Crippen molar-refractivity contribution in [3.05, 3.63) is 27.0 Å². The minimum absolute atomic E-state index is 0.198. The van der Waals surface area contributed by atoms with Gasteiger partial charge in [-0.2, -0.15) is 5.26 Å². The number of fused-ring (bicyclic) bond motifs is 1. The number of H-pyrrole nitrogens is 1. The molecule has 0 radical (unpaired) electrons. The van der Waals surface area contributed by atoms with E-state index in [-0.39, 0.29) is 5.56 Å². The molecule has 0 saturated heterocycles. The van der Waals surface area contributed by atoms with E-state index >= 15 is 0 Å². The van der Waals surface area contributed by atoms with Crippen molar-refractivity contribution in [2.24, 2.45) is 5.92 Å². The minimum Gasteiger partial charge on any atom is -0.316 e. The number of pyridine rings is 1. The summed E-state index contributed by atoms with van der Waals surface area (Å²) in [4.78, 5) is 14.8. The molecule has 0 amide bonds. The molecule has 18 heavy (non-hydrogen) atoms. The van der Waals surface area contributed by atoms with E-state index in [9.17, 15) is 4.79 Å². The molecule has 0 spiro atoms. The molecule has 0 bridgehead atoms. The highest BCUT2D eigenvalue weighted by molar-refractivity contribution is 7.99. The summed E-state index contributed by atoms with van der Waals surface area (Å²) in [5.41, 5.74) is 2.41. The van der Waals surface area contributed by atoms with E-state index in [0.29, 0.717) is 5.56 Å². The summed E-state index contributed by atoms with van der Waals surface area (Å²) in [6.07, 6.45) is 6.82. The molecule has 3 rings (SSSR count). The molecule has 0 unspecified atom stereocenters. The lowest BCUT2D eigenvalue weighted by Crippen LogP contribution is -2.20. The van der Waals surface area contributed by atoms with Gasteiger partial charge in [-0.15, -0.1) is 11.8 Å². The predicted molar refractivity (Wildman–Crippen MR) is 71.9 cm³/mol. The lowest BCUT2D eigenvalue weighted by molar-refractivity contribution is 0.662. The van der Waals surface area contributed by atoms with Crippen molar-refractivity contribution in [3.63, 3.8) is 0 Å². The van der Waals surface area contributed by atoms with E-state index in [1.807, 2.05) is 0 Å². The molecule has 3 nitrogen and oxygen atoms in total. The lowest BCUT2D eigenvalue weighted by atomic mass is 9.90. The Morgan fingerprint density at radius 3 is 2.67 bits per heavy atom. The molecule has 1 aromatic rings. The van der Waals surface area contributed by atoms with Crippen LogP contribution in [0.5, 0.6) is 0 Å². The van der Waals surface area contributed by atoms with E-state index in [1.54, 1.807) is 11.8 Å². The Hall–Kier alpha value is -1.21. The third-order valence-corrected chi connectivity index (χ3v) is 5.05. The lowest BCUT2D eigenvalue weighted by Gasteiger charge is -2.19. The van der Waals surface area contributed by atoms with Gasteiger partial charge in [0.25, 0.3) is 5.56 Å². The van der Waals surface area contributed by atoms with E-state index in [4.69, 9.17) is 5.26 Å². The number of thioether (sulfide) groups is 1. The van der Waals surface area contributed by atoms with Crippen LogP contribution >= 0.6 is 11.8 Å². The van der Waals surface area contributed by atoms with Crippen LogP contribution in [0.1, 0.15) is 42.4 Å². The highest BCUT2D eigenvalue weighted by atomic mass is 32.2. The van der Waals surface area contributed by atoms with Gasteiger partial charge in [0, 0.05) is 5.75 Å². The largest absolute Gasteiger partial charge is 0.316 e. The summed E-state index contributed by atoms with van der Waals surface area (Å²) in [6, 6.07) is 2.07. The average Bonchev–Trinajstić information content (AvgIpc) is 3.20. The standard InChI is InChI=1S/C14H16N2OS/c15-7-12-10-3-1-2-4-11(10)14(16-13(12)17)18-8-9-5-6-9/h9H,1-6,8H2,(H,16,17). The van der Waals surface area contributed by atoms with Crippen LogP contribution in [0.2, 0.25) is 0 Å². The highest BCUT2D eigenvalue weighted by Crippen LogP contribution is 2.37. The Morgan fingerprint density at radius 1 is 1.28 bits per heavy atom. The third-order valence-electron chi connectivity index (χ3n) is 3.77. The number of nitriles is 1. The van der Waals surface area contributed by atoms with Gasteiger partial charge >= 0.3 is 0 Å². The van der Waals surface area contributed by atoms with Crippen LogP contribution in [0.3, 0.4) is 0 Å². The number of nitrogens with one attached hydrogen (secondary N) is 1. The van der Waals surface area contributed by atoms with Gasteiger partial charge in [0.05, 0.1) is 5.03 Å². The van der Waals surface area contributed by atoms with Crippen LogP contribution < -0.4 is 5.56 Å². The van der Waals surface area contributed by atoms with Crippen LogP contribution in [0, 0.1) is 17.2 Å². The highest BCUT2D eigenvalue weighted by Gasteiger charge is 2.24. The van der Waals surface area contributed by atoms with Crippen LogP contribution in [-0.2, 0) is 12.8 Å². The SMILES string of the molecule is N#Cc1c2c(c(SCC3CC3)[nH]c1=O)CCCC2. The van der Waals surface area contributed by atoms with Gasteiger partial charge in [0.1, 0.15) is 11.6 Å². The van der Waals surface area contributed by atoms with E-state index < -0.39 is 0 Å². The summed E-state index contributed by atoms with van der Waals surface area (Å²) in [6.45, 7) is 0.